The van der Waals surface area contributed by atoms with Gasteiger partial charge in [-0.2, -0.15) is 15.1 Å². The van der Waals surface area contributed by atoms with Gasteiger partial charge in [-0.25, -0.2) is 4.39 Å². The molecule has 0 bridgehead atoms. The van der Waals surface area contributed by atoms with Gasteiger partial charge in [-0.05, 0) is 73.9 Å². The molecule has 11 nitrogen and oxygen atoms in total. The molecule has 2 N–H and O–H groups in total. The van der Waals surface area contributed by atoms with Crippen molar-refractivity contribution in [1.29, 1.82) is 0 Å². The highest BCUT2D eigenvalue weighted by atomic mass is 19.1. The van der Waals surface area contributed by atoms with Crippen molar-refractivity contribution in [2.24, 2.45) is 5.92 Å². The zero-order valence-electron chi connectivity index (χ0n) is 27.7. The Morgan fingerprint density at radius 2 is 2.04 bits per heavy atom. The number of anilines is 2. The summed E-state index contributed by atoms with van der Waals surface area (Å²) in [5.74, 6) is 1.12. The Labute approximate surface area is 275 Å². The molecule has 1 spiro atoms. The molecule has 1 amide bonds. The monoisotopic (exact) mass is 644 g/mol. The van der Waals surface area contributed by atoms with Crippen molar-refractivity contribution in [2.45, 2.75) is 88.9 Å². The lowest BCUT2D eigenvalue weighted by Crippen LogP contribution is -2.44. The maximum Gasteiger partial charge on any atom is 0.318 e. The Kier molecular flexibility index (Phi) is 7.43. The Morgan fingerprint density at radius 1 is 1.17 bits per heavy atom. The fraction of sp³-hybridized carbons (Fsp3) is 0.600. The zero-order chi connectivity index (χ0) is 32.5. The normalized spacial score (nSPS) is 28.4. The molecule has 47 heavy (non-hydrogen) atoms. The summed E-state index contributed by atoms with van der Waals surface area (Å²) in [4.78, 5) is 29.0. The molecule has 2 fully saturated rings. The number of fused-ring (bicyclic) bond motifs is 5. The Hall–Kier alpha value is -3.77. The first kappa shape index (κ1) is 30.6. The van der Waals surface area contributed by atoms with E-state index in [0.717, 1.165) is 79.2 Å². The minimum absolute atomic E-state index is 0.115. The van der Waals surface area contributed by atoms with Crippen LogP contribution < -0.4 is 15.4 Å². The van der Waals surface area contributed by atoms with Gasteiger partial charge in [0.15, 0.2) is 5.69 Å². The number of ether oxygens (including phenoxy) is 2. The lowest BCUT2D eigenvalue weighted by Gasteiger charge is -2.45. The number of halogens is 1. The molecule has 2 aromatic heterocycles. The lowest BCUT2D eigenvalue weighted by atomic mass is 9.71. The standard InChI is InChI=1S/C35H45FN8O3/c1-22-12-23-6-7-25(37)13-28(23)35(15-22)17-30-27(20-47-35)31(39-33(38-30)46-21-34-8-4-10-43(34)18-24(36)16-34)42-9-5-11-44-26(19-42)14-29(40-44)32(45)41(2)3/h6-7,13-14,22,24H,4-5,8-12,15-21,37H2,1-3H3. The number of amides is 1. The highest BCUT2D eigenvalue weighted by Gasteiger charge is 2.50. The Balaban J connectivity index is 1.17. The second-order valence-electron chi connectivity index (χ2n) is 14.7. The quantitative estimate of drug-likeness (QED) is 0.414. The molecule has 8 rings (SSSR count). The fourth-order valence-corrected chi connectivity index (χ4v) is 8.89. The number of alkyl halides is 1. The number of nitrogens with zero attached hydrogens (tertiary/aromatic N) is 7. The number of hydrogen-bond acceptors (Lipinski definition) is 9. The average Bonchev–Trinajstić information content (AvgIpc) is 3.66. The van der Waals surface area contributed by atoms with Gasteiger partial charge in [-0.3, -0.25) is 14.4 Å². The molecule has 5 aliphatic rings. The van der Waals surface area contributed by atoms with E-state index in [0.29, 0.717) is 63.3 Å². The Bertz CT molecular complexity index is 1710. The van der Waals surface area contributed by atoms with Crippen LogP contribution in [0.5, 0.6) is 6.01 Å². The molecule has 2 saturated heterocycles. The molecule has 3 aromatic rings. The number of aromatic nitrogens is 4. The van der Waals surface area contributed by atoms with Crippen molar-refractivity contribution in [3.05, 3.63) is 58.0 Å². The van der Waals surface area contributed by atoms with E-state index in [-0.39, 0.29) is 11.4 Å². The lowest BCUT2D eigenvalue weighted by molar-refractivity contribution is -0.0938. The van der Waals surface area contributed by atoms with Crippen molar-refractivity contribution in [3.63, 3.8) is 0 Å². The number of hydrogen-bond donors (Lipinski definition) is 1. The van der Waals surface area contributed by atoms with Crippen LogP contribution >= 0.6 is 0 Å². The number of benzene rings is 1. The summed E-state index contributed by atoms with van der Waals surface area (Å²) < 4.78 is 30.0. The number of nitrogens with two attached hydrogens (primary N) is 1. The molecular formula is C35H45FN8O3. The minimum atomic E-state index is -0.831. The molecule has 1 aliphatic carbocycles. The first-order valence-electron chi connectivity index (χ1n) is 17.1. The molecule has 12 heteroatoms. The van der Waals surface area contributed by atoms with Crippen LogP contribution in [0.1, 0.15) is 77.6 Å². The molecule has 250 valence electrons. The van der Waals surface area contributed by atoms with Gasteiger partial charge in [0, 0.05) is 57.8 Å². The topological polar surface area (TPSA) is 115 Å². The number of rotatable bonds is 5. The van der Waals surface area contributed by atoms with Gasteiger partial charge >= 0.3 is 6.01 Å². The minimum Gasteiger partial charge on any atom is -0.461 e. The first-order chi connectivity index (χ1) is 22.6. The van der Waals surface area contributed by atoms with Crippen molar-refractivity contribution in [2.75, 3.05) is 51.0 Å². The van der Waals surface area contributed by atoms with Gasteiger partial charge in [-0.15, -0.1) is 0 Å². The van der Waals surface area contributed by atoms with Gasteiger partial charge in [0.05, 0.1) is 35.7 Å². The molecule has 4 unspecified atom stereocenters. The molecule has 0 radical (unpaired) electrons. The third-order valence-corrected chi connectivity index (χ3v) is 11.0. The smallest absolute Gasteiger partial charge is 0.318 e. The van der Waals surface area contributed by atoms with Crippen molar-refractivity contribution in [3.8, 4) is 6.01 Å². The average molecular weight is 645 g/mol. The number of carbonyl (C=O) groups is 1. The predicted octanol–water partition coefficient (Wildman–Crippen LogP) is 3.87. The van der Waals surface area contributed by atoms with Crippen molar-refractivity contribution in [1.82, 2.24) is 29.5 Å². The van der Waals surface area contributed by atoms with Crippen molar-refractivity contribution < 1.29 is 18.7 Å². The van der Waals surface area contributed by atoms with Crippen LogP contribution in [-0.4, -0.2) is 87.5 Å². The summed E-state index contributed by atoms with van der Waals surface area (Å²) in [5.41, 5.74) is 11.9. The van der Waals surface area contributed by atoms with Crippen molar-refractivity contribution >= 4 is 17.4 Å². The van der Waals surface area contributed by atoms with Gasteiger partial charge in [0.2, 0.25) is 0 Å². The van der Waals surface area contributed by atoms with E-state index in [2.05, 4.69) is 34.0 Å². The highest BCUT2D eigenvalue weighted by molar-refractivity contribution is 5.92. The second-order valence-corrected chi connectivity index (χ2v) is 14.7. The molecule has 1 aromatic carbocycles. The summed E-state index contributed by atoms with van der Waals surface area (Å²) >= 11 is 0. The third-order valence-electron chi connectivity index (χ3n) is 11.0. The SMILES string of the molecule is CC1Cc2ccc(N)cc2C2(Cc3nc(OCC45CCCN4CC(F)C5)nc(N4CCCn5nc(C(=O)N(C)C)cc5C4)c3CO2)C1. The number of nitrogen functional groups attached to an aromatic ring is 1. The predicted molar refractivity (Wildman–Crippen MR) is 175 cm³/mol. The first-order valence-corrected chi connectivity index (χ1v) is 17.1. The number of aryl methyl sites for hydroxylation is 1. The highest BCUT2D eigenvalue weighted by Crippen LogP contribution is 2.48. The maximum atomic E-state index is 14.6. The van der Waals surface area contributed by atoms with Crippen LogP contribution in [-0.2, 0) is 42.9 Å². The van der Waals surface area contributed by atoms with E-state index in [1.807, 2.05) is 16.8 Å². The summed E-state index contributed by atoms with van der Waals surface area (Å²) in [6, 6.07) is 8.42. The van der Waals surface area contributed by atoms with Crippen LogP contribution in [0.4, 0.5) is 15.9 Å². The summed E-state index contributed by atoms with van der Waals surface area (Å²) in [6.45, 7) is 6.40. The van der Waals surface area contributed by atoms with Gasteiger partial charge in [0.1, 0.15) is 18.6 Å². The third kappa shape index (κ3) is 5.33. The molecule has 4 atom stereocenters. The molecular weight excluding hydrogens is 599 g/mol. The van der Waals surface area contributed by atoms with Crippen LogP contribution in [0.3, 0.4) is 0 Å². The van der Waals surface area contributed by atoms with E-state index in [9.17, 15) is 9.18 Å². The fourth-order valence-electron chi connectivity index (χ4n) is 8.89. The molecule has 4 aliphatic heterocycles. The molecule has 6 heterocycles. The Morgan fingerprint density at radius 3 is 2.89 bits per heavy atom. The number of carbonyl (C=O) groups excluding carboxylic acids is 1. The van der Waals surface area contributed by atoms with E-state index in [1.165, 1.54) is 5.56 Å². The molecule has 0 saturated carbocycles. The summed E-state index contributed by atoms with van der Waals surface area (Å²) in [5, 5.41) is 4.64. The van der Waals surface area contributed by atoms with Crippen LogP contribution in [0.2, 0.25) is 0 Å². The van der Waals surface area contributed by atoms with E-state index < -0.39 is 11.8 Å². The van der Waals surface area contributed by atoms with E-state index >= 15 is 0 Å². The second kappa shape index (κ2) is 11.4. The van der Waals surface area contributed by atoms with Crippen LogP contribution in [0.15, 0.2) is 24.3 Å². The van der Waals surface area contributed by atoms with Crippen LogP contribution in [0, 0.1) is 5.92 Å². The van der Waals surface area contributed by atoms with Gasteiger partial charge in [-0.1, -0.05) is 13.0 Å². The summed E-state index contributed by atoms with van der Waals surface area (Å²) in [6.07, 6.45) is 4.92. The largest absolute Gasteiger partial charge is 0.461 e. The zero-order valence-corrected chi connectivity index (χ0v) is 27.7. The van der Waals surface area contributed by atoms with Crippen LogP contribution in [0.25, 0.3) is 0 Å². The summed E-state index contributed by atoms with van der Waals surface area (Å²) in [7, 11) is 3.48. The van der Waals surface area contributed by atoms with Gasteiger partial charge < -0.3 is 25.0 Å². The van der Waals surface area contributed by atoms with Gasteiger partial charge in [0.25, 0.3) is 5.91 Å². The maximum absolute atomic E-state index is 14.6. The van der Waals surface area contributed by atoms with E-state index in [1.54, 1.807) is 19.0 Å². The van der Waals surface area contributed by atoms with E-state index in [4.69, 9.17) is 25.2 Å².